The van der Waals surface area contributed by atoms with Crippen molar-refractivity contribution in [2.24, 2.45) is 0 Å². The van der Waals surface area contributed by atoms with E-state index in [-0.39, 0.29) is 18.9 Å². The monoisotopic (exact) mass is 1200 g/mol. The Morgan fingerprint density at radius 3 is 1.17 bits per heavy atom. The molecular formula is C70H133NO13. The van der Waals surface area contributed by atoms with E-state index in [4.69, 9.17) is 18.9 Å². The van der Waals surface area contributed by atoms with Crippen LogP contribution in [0.2, 0.25) is 0 Å². The van der Waals surface area contributed by atoms with Crippen LogP contribution in [0, 0.1) is 0 Å². The van der Waals surface area contributed by atoms with E-state index in [2.05, 4.69) is 31.3 Å². The Morgan fingerprint density at radius 2 is 0.762 bits per heavy atom. The van der Waals surface area contributed by atoms with Gasteiger partial charge in [-0.25, -0.2) is 0 Å². The normalized spacial score (nSPS) is 23.7. The number of rotatable bonds is 59. The lowest BCUT2D eigenvalue weighted by atomic mass is 9.97. The minimum Gasteiger partial charge on any atom is -0.394 e. The topological polar surface area (TPSA) is 228 Å². The zero-order valence-electron chi connectivity index (χ0n) is 53.9. The van der Waals surface area contributed by atoms with Crippen molar-refractivity contribution in [1.82, 2.24) is 5.32 Å². The number of aliphatic hydroxyl groups excluding tert-OH is 8. The Bertz CT molecular complexity index is 1500. The lowest BCUT2D eigenvalue weighted by Crippen LogP contribution is -2.65. The predicted octanol–water partition coefficient (Wildman–Crippen LogP) is 14.3. The van der Waals surface area contributed by atoms with Crippen LogP contribution in [0.15, 0.2) is 24.3 Å². The predicted molar refractivity (Wildman–Crippen MR) is 342 cm³/mol. The van der Waals surface area contributed by atoms with Crippen LogP contribution in [0.5, 0.6) is 0 Å². The highest BCUT2D eigenvalue weighted by Gasteiger charge is 2.51. The molecule has 9 N–H and O–H groups in total. The summed E-state index contributed by atoms with van der Waals surface area (Å²) in [6.45, 7) is 2.84. The van der Waals surface area contributed by atoms with Crippen molar-refractivity contribution in [2.75, 3.05) is 19.8 Å². The first-order chi connectivity index (χ1) is 41.1. The van der Waals surface area contributed by atoms with Gasteiger partial charge in [-0.3, -0.25) is 4.79 Å². The first kappa shape index (κ1) is 78.6. The molecule has 14 nitrogen and oxygen atoms in total. The second-order valence-corrected chi connectivity index (χ2v) is 25.4. The Hall–Kier alpha value is -1.53. The van der Waals surface area contributed by atoms with Crippen LogP contribution in [-0.4, -0.2) is 140 Å². The van der Waals surface area contributed by atoms with E-state index in [9.17, 15) is 45.6 Å². The van der Waals surface area contributed by atoms with Gasteiger partial charge in [-0.05, 0) is 32.1 Å². The van der Waals surface area contributed by atoms with Gasteiger partial charge in [0.05, 0.1) is 32.0 Å². The highest BCUT2D eigenvalue weighted by atomic mass is 16.7. The molecule has 2 rings (SSSR count). The molecule has 0 spiro atoms. The minimum atomic E-state index is -1.79. The Kier molecular flexibility index (Phi) is 51.9. The average molecular weight is 1200 g/mol. The lowest BCUT2D eigenvalue weighted by molar-refractivity contribution is -0.359. The molecule has 2 fully saturated rings. The smallest absolute Gasteiger partial charge is 0.220 e. The highest BCUT2D eigenvalue weighted by molar-refractivity contribution is 5.76. The molecule has 496 valence electrons. The summed E-state index contributed by atoms with van der Waals surface area (Å²) in [5.74, 6) is -0.242. The summed E-state index contributed by atoms with van der Waals surface area (Å²) in [5.41, 5.74) is 0. The maximum Gasteiger partial charge on any atom is 0.220 e. The number of nitrogens with one attached hydrogen (secondary N) is 1. The number of ether oxygens (including phenoxy) is 4. The standard InChI is InChI=1S/C70H133NO13/c1-3-5-7-9-11-13-15-17-19-21-23-25-27-28-29-30-32-33-35-37-39-41-43-45-47-49-51-53-59(74)58(57-81-69-67(80)65(78)68(61(56-73)83-69)84-70-66(79)64(77)63(76)60(55-72)82-70)71-62(75)54-52-50-48-46-44-42-40-38-36-34-31-26-24-22-20-18-16-14-12-10-8-6-4-2/h43,45,51,53,58-61,63-70,72-74,76-80H,3-42,44,46-50,52,54-57H2,1-2H3,(H,71,75)/b45-43+,53-51+. The van der Waals surface area contributed by atoms with Crippen LogP contribution < -0.4 is 5.32 Å². The molecule has 0 aliphatic carbocycles. The van der Waals surface area contributed by atoms with Crippen molar-refractivity contribution in [3.8, 4) is 0 Å². The van der Waals surface area contributed by atoms with E-state index in [0.717, 1.165) is 32.1 Å². The number of carbonyl (C=O) groups excluding carboxylic acids is 1. The third-order valence-electron chi connectivity index (χ3n) is 17.6. The first-order valence-electron chi connectivity index (χ1n) is 35.6. The van der Waals surface area contributed by atoms with Crippen LogP contribution in [0.1, 0.15) is 322 Å². The van der Waals surface area contributed by atoms with Crippen LogP contribution in [-0.2, 0) is 23.7 Å². The average Bonchev–Trinajstić information content (AvgIpc) is 3.64. The summed E-state index contributed by atoms with van der Waals surface area (Å²) in [4.78, 5) is 13.3. The zero-order chi connectivity index (χ0) is 60.9. The molecule has 0 aromatic carbocycles. The summed E-state index contributed by atoms with van der Waals surface area (Å²) in [6, 6.07) is -0.929. The van der Waals surface area contributed by atoms with Crippen molar-refractivity contribution >= 4 is 5.91 Å². The lowest BCUT2D eigenvalue weighted by Gasteiger charge is -2.46. The summed E-state index contributed by atoms with van der Waals surface area (Å²) < 4.78 is 22.9. The largest absolute Gasteiger partial charge is 0.394 e. The number of hydrogen-bond donors (Lipinski definition) is 9. The molecule has 1 amide bonds. The Labute approximate surface area is 513 Å². The number of amides is 1. The molecule has 0 aromatic rings. The Balaban J connectivity index is 1.69. The fourth-order valence-corrected chi connectivity index (χ4v) is 12.0. The van der Waals surface area contributed by atoms with E-state index in [1.165, 1.54) is 257 Å². The molecule has 12 atom stereocenters. The molecule has 84 heavy (non-hydrogen) atoms. The summed E-state index contributed by atoms with van der Waals surface area (Å²) in [7, 11) is 0. The zero-order valence-corrected chi connectivity index (χ0v) is 53.9. The van der Waals surface area contributed by atoms with Crippen molar-refractivity contribution in [2.45, 2.75) is 396 Å². The van der Waals surface area contributed by atoms with Gasteiger partial charge in [-0.1, -0.05) is 308 Å². The molecule has 0 aromatic heterocycles. The van der Waals surface area contributed by atoms with Gasteiger partial charge in [0.15, 0.2) is 12.6 Å². The maximum absolute atomic E-state index is 13.3. The number of hydrogen-bond acceptors (Lipinski definition) is 13. The quantitative estimate of drug-likeness (QED) is 0.0204. The van der Waals surface area contributed by atoms with Crippen molar-refractivity contribution in [1.29, 1.82) is 0 Å². The van der Waals surface area contributed by atoms with Crippen LogP contribution >= 0.6 is 0 Å². The summed E-state index contributed by atoms with van der Waals surface area (Å²) in [5, 5.41) is 87.4. The van der Waals surface area contributed by atoms with Crippen molar-refractivity contribution in [3.63, 3.8) is 0 Å². The van der Waals surface area contributed by atoms with Gasteiger partial charge in [0.2, 0.25) is 5.91 Å². The molecule has 12 unspecified atom stereocenters. The molecule has 0 saturated carbocycles. The van der Waals surface area contributed by atoms with Gasteiger partial charge in [0, 0.05) is 6.42 Å². The number of allylic oxidation sites excluding steroid dienone is 3. The molecule has 2 saturated heterocycles. The number of aliphatic hydroxyl groups is 8. The third-order valence-corrected chi connectivity index (χ3v) is 17.6. The minimum absolute atomic E-state index is 0.242. The van der Waals surface area contributed by atoms with E-state index in [1.54, 1.807) is 6.08 Å². The third kappa shape index (κ3) is 39.5. The number of carbonyl (C=O) groups is 1. The highest BCUT2D eigenvalue weighted by Crippen LogP contribution is 2.30. The Morgan fingerprint density at radius 1 is 0.417 bits per heavy atom. The summed E-state index contributed by atoms with van der Waals surface area (Å²) in [6.07, 6.45) is 52.4. The second kappa shape index (κ2) is 55.5. The molecular weight excluding hydrogens is 1060 g/mol. The fraction of sp³-hybridized carbons (Fsp3) is 0.929. The SMILES string of the molecule is CCCCCCCCCCCCCCCCCCCCCCC/C=C/CC/C=C/C(O)C(COC1OC(CO)C(OC2OC(CO)C(O)C(O)C2O)C(O)C1O)NC(=O)CCCCCCCCCCCCCCCCCCCCCCCCC. The van der Waals surface area contributed by atoms with Gasteiger partial charge < -0.3 is 65.1 Å². The number of unbranched alkanes of at least 4 members (excludes halogenated alkanes) is 44. The van der Waals surface area contributed by atoms with Crippen LogP contribution in [0.4, 0.5) is 0 Å². The van der Waals surface area contributed by atoms with E-state index < -0.39 is 86.8 Å². The summed E-state index contributed by atoms with van der Waals surface area (Å²) >= 11 is 0. The van der Waals surface area contributed by atoms with Crippen molar-refractivity contribution in [3.05, 3.63) is 24.3 Å². The first-order valence-corrected chi connectivity index (χ1v) is 35.6. The molecule has 14 heteroatoms. The molecule has 2 heterocycles. The second-order valence-electron chi connectivity index (χ2n) is 25.4. The van der Waals surface area contributed by atoms with Gasteiger partial charge in [0.1, 0.15) is 48.8 Å². The molecule has 2 aliphatic heterocycles. The maximum atomic E-state index is 13.3. The van der Waals surface area contributed by atoms with E-state index in [1.807, 2.05) is 6.08 Å². The van der Waals surface area contributed by atoms with Crippen LogP contribution in [0.3, 0.4) is 0 Å². The van der Waals surface area contributed by atoms with E-state index >= 15 is 0 Å². The van der Waals surface area contributed by atoms with Crippen molar-refractivity contribution < 1.29 is 64.6 Å². The molecule has 0 radical (unpaired) electrons. The van der Waals surface area contributed by atoms with Gasteiger partial charge in [-0.2, -0.15) is 0 Å². The van der Waals surface area contributed by atoms with E-state index in [0.29, 0.717) is 12.8 Å². The van der Waals surface area contributed by atoms with Gasteiger partial charge in [0.25, 0.3) is 0 Å². The fourth-order valence-electron chi connectivity index (χ4n) is 12.0. The van der Waals surface area contributed by atoms with Crippen LogP contribution in [0.25, 0.3) is 0 Å². The van der Waals surface area contributed by atoms with Gasteiger partial charge in [-0.15, -0.1) is 0 Å². The molecule has 2 aliphatic rings. The molecule has 0 bridgehead atoms. The van der Waals surface area contributed by atoms with Gasteiger partial charge >= 0.3 is 0 Å².